The van der Waals surface area contributed by atoms with E-state index in [1.807, 2.05) is 26.0 Å². The van der Waals surface area contributed by atoms with Gasteiger partial charge in [-0.15, -0.1) is 0 Å². The fourth-order valence-electron chi connectivity index (χ4n) is 4.83. The van der Waals surface area contributed by atoms with Crippen molar-refractivity contribution in [3.8, 4) is 11.3 Å². The van der Waals surface area contributed by atoms with Gasteiger partial charge in [0.15, 0.2) is 0 Å². The number of anilines is 1. The Morgan fingerprint density at radius 2 is 1.92 bits per heavy atom. The topological polar surface area (TPSA) is 84.7 Å². The lowest BCUT2D eigenvalue weighted by atomic mass is 9.89. The average Bonchev–Trinajstić information content (AvgIpc) is 3.29. The number of carbonyl (C=O) groups is 2. The lowest BCUT2D eigenvalue weighted by molar-refractivity contribution is -0.118. The molecule has 0 spiro atoms. The number of esters is 1. The van der Waals surface area contributed by atoms with Gasteiger partial charge in [-0.25, -0.2) is 9.18 Å². The largest absolute Gasteiger partial charge is 0.462 e. The highest BCUT2D eigenvalue weighted by Crippen LogP contribution is 2.34. The van der Waals surface area contributed by atoms with E-state index in [2.05, 4.69) is 27.5 Å². The Hall–Kier alpha value is -3.23. The van der Waals surface area contributed by atoms with Gasteiger partial charge >= 0.3 is 5.97 Å². The van der Waals surface area contributed by atoms with Crippen molar-refractivity contribution in [2.24, 2.45) is 5.92 Å². The summed E-state index contributed by atoms with van der Waals surface area (Å²) in [4.78, 5) is 27.2. The number of halogens is 2. The molecule has 1 fully saturated rings. The van der Waals surface area contributed by atoms with Gasteiger partial charge in [0.25, 0.3) is 0 Å². The molecule has 7 nitrogen and oxygen atoms in total. The molecule has 1 saturated heterocycles. The van der Waals surface area contributed by atoms with Crippen LogP contribution in [0, 0.1) is 18.7 Å². The number of rotatable bonds is 10. The van der Waals surface area contributed by atoms with Gasteiger partial charge in [-0.1, -0.05) is 48.8 Å². The summed E-state index contributed by atoms with van der Waals surface area (Å²) in [5, 5.41) is 7.00. The summed E-state index contributed by atoms with van der Waals surface area (Å²) in [6, 6.07) is 12.5. The molecule has 0 atom stereocenters. The number of aryl methyl sites for hydroxylation is 1. The number of piperidine rings is 1. The van der Waals surface area contributed by atoms with Gasteiger partial charge < -0.3 is 19.5 Å². The minimum Gasteiger partial charge on any atom is -0.462 e. The van der Waals surface area contributed by atoms with E-state index in [4.69, 9.17) is 20.9 Å². The van der Waals surface area contributed by atoms with Crippen LogP contribution in [0.25, 0.3) is 11.3 Å². The van der Waals surface area contributed by atoms with Crippen LogP contribution in [-0.2, 0) is 9.53 Å². The van der Waals surface area contributed by atoms with Gasteiger partial charge in [-0.2, -0.15) is 0 Å². The lowest BCUT2D eigenvalue weighted by Crippen LogP contribution is -2.33. The van der Waals surface area contributed by atoms with E-state index in [0.717, 1.165) is 44.6 Å². The number of amides is 1. The highest BCUT2D eigenvalue weighted by Gasteiger charge is 2.26. The first-order chi connectivity index (χ1) is 18.7. The third-order valence-electron chi connectivity index (χ3n) is 7.11. The van der Waals surface area contributed by atoms with Gasteiger partial charge in [0.05, 0.1) is 17.2 Å². The number of ether oxygens (including phenoxy) is 1. The summed E-state index contributed by atoms with van der Waals surface area (Å²) in [6.45, 7) is 8.54. The highest BCUT2D eigenvalue weighted by atomic mass is 35.5. The lowest BCUT2D eigenvalue weighted by Gasteiger charge is -2.32. The fraction of sp³-hybridized carbons (Fsp3) is 0.433. The Morgan fingerprint density at radius 3 is 2.64 bits per heavy atom. The predicted octanol–water partition coefficient (Wildman–Crippen LogP) is 6.85. The Kier molecular flexibility index (Phi) is 9.75. The van der Waals surface area contributed by atoms with E-state index in [9.17, 15) is 14.0 Å². The molecule has 0 unspecified atom stereocenters. The summed E-state index contributed by atoms with van der Waals surface area (Å²) in [5.74, 6) is -0.483. The van der Waals surface area contributed by atoms with Gasteiger partial charge in [0.1, 0.15) is 22.8 Å². The molecular formula is C30H35ClFN3O4. The Bertz CT molecular complexity index is 1280. The number of hydrogen-bond donors (Lipinski definition) is 1. The molecule has 0 radical (unpaired) electrons. The maximum atomic E-state index is 14.4. The van der Waals surface area contributed by atoms with Crippen molar-refractivity contribution in [1.82, 2.24) is 10.1 Å². The second-order valence-electron chi connectivity index (χ2n) is 10.3. The molecule has 0 saturated carbocycles. The van der Waals surface area contributed by atoms with Crippen LogP contribution in [0.3, 0.4) is 0 Å². The van der Waals surface area contributed by atoms with Crippen LogP contribution in [-0.4, -0.2) is 48.2 Å². The van der Waals surface area contributed by atoms with Crippen LogP contribution >= 0.6 is 11.6 Å². The van der Waals surface area contributed by atoms with Crippen molar-refractivity contribution in [1.29, 1.82) is 0 Å². The normalized spacial score (nSPS) is 14.5. The molecule has 1 aliphatic heterocycles. The number of nitrogens with one attached hydrogen (secondary N) is 1. The Labute approximate surface area is 233 Å². The molecule has 4 rings (SSSR count). The smallest absolute Gasteiger partial charge is 0.344 e. The summed E-state index contributed by atoms with van der Waals surface area (Å²) >= 11 is 6.15. The summed E-state index contributed by atoms with van der Waals surface area (Å²) in [5.41, 5.74) is 2.29. The number of hydrogen-bond acceptors (Lipinski definition) is 6. The number of aromatic nitrogens is 1. The number of benzene rings is 2. The molecule has 1 aliphatic rings. The van der Waals surface area contributed by atoms with E-state index in [-0.39, 0.29) is 46.0 Å². The van der Waals surface area contributed by atoms with Gasteiger partial charge in [0.2, 0.25) is 5.91 Å². The molecule has 0 bridgehead atoms. The van der Waals surface area contributed by atoms with Crippen LogP contribution in [0.2, 0.25) is 5.02 Å². The summed E-state index contributed by atoms with van der Waals surface area (Å²) < 4.78 is 25.0. The molecule has 1 aromatic heterocycles. The zero-order valence-corrected chi connectivity index (χ0v) is 23.4. The van der Waals surface area contributed by atoms with Crippen LogP contribution in [0.15, 0.2) is 47.0 Å². The number of likely N-dealkylation sites (tertiary alicyclic amines) is 1. The Balaban J connectivity index is 1.21. The zero-order valence-electron chi connectivity index (χ0n) is 22.6. The molecule has 2 aromatic carbocycles. The second kappa shape index (κ2) is 13.2. The maximum absolute atomic E-state index is 14.4. The molecule has 3 aromatic rings. The standard InChI is InChI=1S/C30H35ClFN3O4/c1-19(2)29(36)33-23-9-6-8-22(18-23)21-12-15-35(16-13-21)14-4-5-17-38-30(37)26-20(3)39-34-28(26)27-24(31)10-7-11-25(27)32/h6-11,18-19,21H,4-5,12-17H2,1-3H3,(H,33,36). The van der Waals surface area contributed by atoms with Crippen molar-refractivity contribution in [2.75, 3.05) is 31.6 Å². The summed E-state index contributed by atoms with van der Waals surface area (Å²) in [6.07, 6.45) is 3.72. The second-order valence-corrected chi connectivity index (χ2v) is 10.7. The van der Waals surface area contributed by atoms with Crippen molar-refractivity contribution in [3.63, 3.8) is 0 Å². The van der Waals surface area contributed by atoms with E-state index in [1.165, 1.54) is 23.8 Å². The third-order valence-corrected chi connectivity index (χ3v) is 7.42. The number of nitrogens with zero attached hydrogens (tertiary/aromatic N) is 2. The van der Waals surface area contributed by atoms with Crippen LogP contribution in [0.5, 0.6) is 0 Å². The highest BCUT2D eigenvalue weighted by molar-refractivity contribution is 6.33. The van der Waals surface area contributed by atoms with Crippen LogP contribution < -0.4 is 5.32 Å². The molecule has 208 valence electrons. The molecular weight excluding hydrogens is 521 g/mol. The minimum absolute atomic E-state index is 0.0263. The zero-order chi connectivity index (χ0) is 27.9. The maximum Gasteiger partial charge on any atom is 0.344 e. The quantitative estimate of drug-likeness (QED) is 0.217. The first-order valence-electron chi connectivity index (χ1n) is 13.5. The number of carbonyl (C=O) groups excluding carboxylic acids is 2. The molecule has 9 heteroatoms. The van der Waals surface area contributed by atoms with Gasteiger partial charge in [0, 0.05) is 11.6 Å². The van der Waals surface area contributed by atoms with E-state index in [0.29, 0.717) is 12.3 Å². The molecule has 1 amide bonds. The Morgan fingerprint density at radius 1 is 1.18 bits per heavy atom. The fourth-order valence-corrected chi connectivity index (χ4v) is 5.08. The van der Waals surface area contributed by atoms with Crippen molar-refractivity contribution in [2.45, 2.75) is 52.4 Å². The third kappa shape index (κ3) is 7.25. The first kappa shape index (κ1) is 28.8. The molecule has 2 heterocycles. The summed E-state index contributed by atoms with van der Waals surface area (Å²) in [7, 11) is 0. The van der Waals surface area contributed by atoms with E-state index >= 15 is 0 Å². The predicted molar refractivity (Wildman–Crippen MR) is 149 cm³/mol. The minimum atomic E-state index is -0.601. The molecule has 1 N–H and O–H groups in total. The van der Waals surface area contributed by atoms with Crippen molar-refractivity contribution >= 4 is 29.2 Å². The van der Waals surface area contributed by atoms with Gasteiger partial charge in [-0.05, 0) is 88.0 Å². The average molecular weight is 556 g/mol. The van der Waals surface area contributed by atoms with Crippen LogP contribution in [0.4, 0.5) is 10.1 Å². The monoisotopic (exact) mass is 555 g/mol. The molecule has 0 aliphatic carbocycles. The first-order valence-corrected chi connectivity index (χ1v) is 13.8. The SMILES string of the molecule is Cc1onc(-c2c(F)cccc2Cl)c1C(=O)OCCCCN1CCC(c2cccc(NC(=O)C(C)C)c2)CC1. The van der Waals surface area contributed by atoms with Gasteiger partial charge in [-0.3, -0.25) is 4.79 Å². The van der Waals surface area contributed by atoms with E-state index in [1.54, 1.807) is 6.92 Å². The van der Waals surface area contributed by atoms with Crippen molar-refractivity contribution in [3.05, 3.63) is 70.2 Å². The number of unbranched alkanes of at least 4 members (excludes halogenated alkanes) is 1. The van der Waals surface area contributed by atoms with E-state index < -0.39 is 11.8 Å². The van der Waals surface area contributed by atoms with Crippen molar-refractivity contribution < 1.29 is 23.2 Å². The molecule has 39 heavy (non-hydrogen) atoms. The van der Waals surface area contributed by atoms with Crippen LogP contribution in [0.1, 0.15) is 67.1 Å².